The van der Waals surface area contributed by atoms with Crippen LogP contribution in [0.1, 0.15) is 29.3 Å². The largest absolute Gasteiger partial charge is 0.496 e. The monoisotopic (exact) mass is 701 g/mol. The number of amides is 3. The number of para-hydroxylation sites is 2. The van der Waals surface area contributed by atoms with Gasteiger partial charge >= 0.3 is 0 Å². The Morgan fingerprint density at radius 1 is 0.706 bits per heavy atom. The van der Waals surface area contributed by atoms with Crippen molar-refractivity contribution in [1.29, 1.82) is 0 Å². The fraction of sp³-hybridized carbons (Fsp3) is 0.146. The van der Waals surface area contributed by atoms with Gasteiger partial charge in [-0.3, -0.25) is 19.3 Å². The molecular formula is C41H39N3O6S. The molecule has 5 aromatic carbocycles. The maximum absolute atomic E-state index is 14.1. The van der Waals surface area contributed by atoms with E-state index in [9.17, 15) is 14.4 Å². The molecule has 5 aromatic rings. The number of hydrogen-bond donors (Lipinski definition) is 2. The first kappa shape index (κ1) is 36.3. The first-order valence-corrected chi connectivity index (χ1v) is 17.1. The molecular weight excluding hydrogens is 663 g/mol. The summed E-state index contributed by atoms with van der Waals surface area (Å²) in [6, 6.07) is 38.3. The highest BCUT2D eigenvalue weighted by atomic mass is 32.2. The Kier molecular flexibility index (Phi) is 12.5. The molecule has 260 valence electrons. The second-order valence-corrected chi connectivity index (χ2v) is 12.4. The zero-order chi connectivity index (χ0) is 36.2. The van der Waals surface area contributed by atoms with Crippen LogP contribution in [0, 0.1) is 0 Å². The molecule has 1 unspecified atom stereocenters. The number of hydrogen-bond acceptors (Lipinski definition) is 7. The quantitative estimate of drug-likeness (QED) is 0.0886. The minimum atomic E-state index is -0.569. The number of rotatable bonds is 14. The molecule has 1 atom stereocenters. The smallest absolute Gasteiger partial charge is 0.272 e. The predicted octanol–water partition coefficient (Wildman–Crippen LogP) is 8.36. The molecule has 0 saturated heterocycles. The summed E-state index contributed by atoms with van der Waals surface area (Å²) >= 11 is 1.42. The number of nitrogens with zero attached hydrogens (tertiary/aromatic N) is 1. The third-order valence-electron chi connectivity index (χ3n) is 7.83. The van der Waals surface area contributed by atoms with Gasteiger partial charge in [0.1, 0.15) is 11.4 Å². The zero-order valence-electron chi connectivity index (χ0n) is 28.8. The first-order chi connectivity index (χ1) is 24.8. The van der Waals surface area contributed by atoms with Crippen LogP contribution in [0.15, 0.2) is 138 Å². The van der Waals surface area contributed by atoms with Crippen LogP contribution >= 0.6 is 11.8 Å². The molecule has 0 saturated carbocycles. The minimum Gasteiger partial charge on any atom is -0.496 e. The van der Waals surface area contributed by atoms with Gasteiger partial charge in [-0.2, -0.15) is 0 Å². The molecule has 0 fully saturated rings. The van der Waals surface area contributed by atoms with Crippen molar-refractivity contribution in [3.8, 4) is 17.2 Å². The van der Waals surface area contributed by atoms with E-state index >= 15 is 0 Å². The molecule has 0 aromatic heterocycles. The summed E-state index contributed by atoms with van der Waals surface area (Å²) in [6.45, 7) is 1.98. The SMILES string of the molecule is CCC(Sc1cccc(NC(=O)/C(=C\c2cc(OC)c(OC)cc2OC)NC(=O)c2ccccc2)c1)C(=O)N(c1ccccc1)c1ccccc1. The number of carbonyl (C=O) groups is 3. The van der Waals surface area contributed by atoms with Gasteiger partial charge in [0.05, 0.1) is 26.6 Å². The Morgan fingerprint density at radius 3 is 1.84 bits per heavy atom. The predicted molar refractivity (Wildman–Crippen MR) is 203 cm³/mol. The van der Waals surface area contributed by atoms with Gasteiger partial charge < -0.3 is 24.8 Å². The van der Waals surface area contributed by atoms with Crippen LogP contribution in [0.5, 0.6) is 17.2 Å². The highest BCUT2D eigenvalue weighted by Crippen LogP contribution is 2.36. The summed E-state index contributed by atoms with van der Waals surface area (Å²) in [5.74, 6) is 0.168. The van der Waals surface area contributed by atoms with Crippen LogP contribution in [0.2, 0.25) is 0 Å². The first-order valence-electron chi connectivity index (χ1n) is 16.2. The van der Waals surface area contributed by atoms with Crippen molar-refractivity contribution in [3.63, 3.8) is 0 Å². The van der Waals surface area contributed by atoms with E-state index in [0.29, 0.717) is 40.5 Å². The molecule has 0 bridgehead atoms. The number of thioether (sulfide) groups is 1. The van der Waals surface area contributed by atoms with E-state index in [1.54, 1.807) is 53.4 Å². The van der Waals surface area contributed by atoms with Gasteiger partial charge in [0.25, 0.3) is 11.8 Å². The average Bonchev–Trinajstić information content (AvgIpc) is 3.17. The lowest BCUT2D eigenvalue weighted by Gasteiger charge is -2.27. The van der Waals surface area contributed by atoms with Crippen LogP contribution in [0.4, 0.5) is 17.1 Å². The van der Waals surface area contributed by atoms with Crippen molar-refractivity contribution in [2.45, 2.75) is 23.5 Å². The number of benzene rings is 5. The number of methoxy groups -OCH3 is 3. The molecule has 0 heterocycles. The van der Waals surface area contributed by atoms with Crippen LogP contribution in [0.25, 0.3) is 6.08 Å². The van der Waals surface area contributed by atoms with Gasteiger partial charge in [0, 0.05) is 39.2 Å². The lowest BCUT2D eigenvalue weighted by Crippen LogP contribution is -2.34. The second kappa shape index (κ2) is 17.6. The van der Waals surface area contributed by atoms with Gasteiger partial charge in [0.15, 0.2) is 11.5 Å². The maximum Gasteiger partial charge on any atom is 0.272 e. The molecule has 5 rings (SSSR count). The van der Waals surface area contributed by atoms with Crippen molar-refractivity contribution in [2.24, 2.45) is 0 Å². The molecule has 0 aliphatic carbocycles. The van der Waals surface area contributed by atoms with Crippen molar-refractivity contribution in [3.05, 3.63) is 144 Å². The molecule has 0 spiro atoms. The van der Waals surface area contributed by atoms with E-state index in [2.05, 4.69) is 10.6 Å². The Balaban J connectivity index is 1.42. The van der Waals surface area contributed by atoms with Crippen LogP contribution < -0.4 is 29.7 Å². The molecule has 0 aliphatic heterocycles. The summed E-state index contributed by atoms with van der Waals surface area (Å²) in [7, 11) is 4.52. The van der Waals surface area contributed by atoms with Crippen LogP contribution in [0.3, 0.4) is 0 Å². The lowest BCUT2D eigenvalue weighted by atomic mass is 10.1. The van der Waals surface area contributed by atoms with Crippen molar-refractivity contribution in [2.75, 3.05) is 31.5 Å². The number of anilines is 3. The van der Waals surface area contributed by atoms with E-state index < -0.39 is 17.1 Å². The standard InChI is InChI=1S/C41H39N3O6S/c1-5-38(41(47)44(31-19-11-7-12-20-31)32-21-13-8-14-22-32)51-33-23-15-18-30(26-33)42-40(46)34(43-39(45)28-16-9-6-10-17-28)24-29-25-36(49-3)37(50-4)27-35(29)48-2/h6-27,38H,5H2,1-4H3,(H,42,46)(H,43,45)/b34-24+. The topological polar surface area (TPSA) is 106 Å². The Labute approximate surface area is 302 Å². The Morgan fingerprint density at radius 2 is 1.27 bits per heavy atom. The van der Waals surface area contributed by atoms with Crippen molar-refractivity contribution < 1.29 is 28.6 Å². The normalized spacial score (nSPS) is 11.6. The highest BCUT2D eigenvalue weighted by Gasteiger charge is 2.27. The van der Waals surface area contributed by atoms with E-state index in [1.165, 1.54) is 39.2 Å². The molecule has 2 N–H and O–H groups in total. The van der Waals surface area contributed by atoms with Crippen molar-refractivity contribution >= 4 is 52.6 Å². The molecule has 0 aliphatic rings. The number of nitrogens with one attached hydrogen (secondary N) is 2. The molecule has 0 radical (unpaired) electrons. The van der Waals surface area contributed by atoms with E-state index in [1.807, 2.05) is 85.8 Å². The summed E-state index contributed by atoms with van der Waals surface area (Å²) in [5.41, 5.74) is 2.85. The van der Waals surface area contributed by atoms with Gasteiger partial charge in [-0.05, 0) is 73.2 Å². The van der Waals surface area contributed by atoms with E-state index in [-0.39, 0.29) is 11.6 Å². The average molecular weight is 702 g/mol. The Bertz CT molecular complexity index is 1950. The fourth-order valence-corrected chi connectivity index (χ4v) is 6.34. The summed E-state index contributed by atoms with van der Waals surface area (Å²) in [6.07, 6.45) is 2.09. The van der Waals surface area contributed by atoms with Gasteiger partial charge in [0.2, 0.25) is 5.91 Å². The summed E-state index contributed by atoms with van der Waals surface area (Å²) < 4.78 is 16.5. The number of carbonyl (C=O) groups excluding carboxylic acids is 3. The lowest BCUT2D eigenvalue weighted by molar-refractivity contribution is -0.117. The summed E-state index contributed by atoms with van der Waals surface area (Å²) in [5, 5.41) is 5.25. The van der Waals surface area contributed by atoms with E-state index in [4.69, 9.17) is 14.2 Å². The van der Waals surface area contributed by atoms with Gasteiger partial charge in [-0.15, -0.1) is 11.8 Å². The van der Waals surface area contributed by atoms with Crippen LogP contribution in [-0.2, 0) is 9.59 Å². The minimum absolute atomic E-state index is 0.0320. The third-order valence-corrected chi connectivity index (χ3v) is 9.18. The van der Waals surface area contributed by atoms with Gasteiger partial charge in [-0.1, -0.05) is 67.6 Å². The second-order valence-electron chi connectivity index (χ2n) is 11.2. The van der Waals surface area contributed by atoms with Crippen LogP contribution in [-0.4, -0.2) is 44.3 Å². The molecule has 9 nitrogen and oxygen atoms in total. The molecule has 3 amide bonds. The number of ether oxygens (including phenoxy) is 3. The highest BCUT2D eigenvalue weighted by molar-refractivity contribution is 8.00. The van der Waals surface area contributed by atoms with Gasteiger partial charge in [-0.25, -0.2) is 0 Å². The van der Waals surface area contributed by atoms with Crippen molar-refractivity contribution in [1.82, 2.24) is 5.32 Å². The zero-order valence-corrected chi connectivity index (χ0v) is 29.6. The van der Waals surface area contributed by atoms with E-state index in [0.717, 1.165) is 16.3 Å². The fourth-order valence-electron chi connectivity index (χ4n) is 5.28. The molecule has 10 heteroatoms. The third kappa shape index (κ3) is 9.17. The molecule has 51 heavy (non-hydrogen) atoms. The summed E-state index contributed by atoms with van der Waals surface area (Å²) in [4.78, 5) is 43.8. The Hall–Kier alpha value is -6.00. The maximum atomic E-state index is 14.1.